The van der Waals surface area contributed by atoms with Crippen LogP contribution in [0.5, 0.6) is 5.75 Å². The first-order valence-electron chi connectivity index (χ1n) is 6.19. The van der Waals surface area contributed by atoms with E-state index in [1.54, 1.807) is 31.4 Å². The van der Waals surface area contributed by atoms with Crippen LogP contribution in [0.25, 0.3) is 0 Å². The third-order valence-corrected chi connectivity index (χ3v) is 2.54. The Bertz CT molecular complexity index is 685. The molecule has 0 atom stereocenters. The number of anilines is 2. The van der Waals surface area contributed by atoms with Gasteiger partial charge >= 0.3 is 0 Å². The van der Waals surface area contributed by atoms with E-state index in [2.05, 4.69) is 20.5 Å². The van der Waals surface area contributed by atoms with Crippen LogP contribution in [-0.2, 0) is 4.79 Å². The van der Waals surface area contributed by atoms with E-state index in [1.807, 2.05) is 12.1 Å². The van der Waals surface area contributed by atoms with Crippen molar-refractivity contribution >= 4 is 28.9 Å². The molecule has 0 aliphatic carbocycles. The summed E-state index contributed by atoms with van der Waals surface area (Å²) < 4.78 is 5.19. The normalized spacial score (nSPS) is 10.6. The lowest BCUT2D eigenvalue weighted by atomic mass is 10.3. The number of nitrogen functional groups attached to an aromatic ring is 1. The average molecular weight is 285 g/mol. The number of hydrogen-bond acceptors (Lipinski definition) is 6. The Morgan fingerprint density at radius 3 is 2.62 bits per heavy atom. The minimum absolute atomic E-state index is 0.262. The van der Waals surface area contributed by atoms with E-state index in [-0.39, 0.29) is 17.5 Å². The van der Waals surface area contributed by atoms with Crippen molar-refractivity contribution < 1.29 is 9.53 Å². The first-order valence-corrected chi connectivity index (χ1v) is 6.19. The molecule has 108 valence electrons. The summed E-state index contributed by atoms with van der Waals surface area (Å²) in [5.74, 6) is 0.892. The molecule has 0 saturated carbocycles. The van der Waals surface area contributed by atoms with E-state index in [9.17, 15) is 4.79 Å². The molecule has 0 fully saturated rings. The molecule has 0 aliphatic heterocycles. The number of amides is 1. The van der Waals surface area contributed by atoms with E-state index in [0.29, 0.717) is 17.1 Å². The number of ether oxygens (including phenoxy) is 1. The third kappa shape index (κ3) is 3.75. The molecule has 0 spiro atoms. The van der Waals surface area contributed by atoms with Gasteiger partial charge in [-0.25, -0.2) is 4.98 Å². The van der Waals surface area contributed by atoms with Crippen LogP contribution >= 0.6 is 0 Å². The van der Waals surface area contributed by atoms with Crippen molar-refractivity contribution in [2.45, 2.75) is 6.92 Å². The van der Waals surface area contributed by atoms with Crippen LogP contribution in [-0.4, -0.2) is 18.0 Å². The summed E-state index contributed by atoms with van der Waals surface area (Å²) in [7, 11) is 1.56. The van der Waals surface area contributed by atoms with Crippen LogP contribution in [0.15, 0.2) is 46.6 Å². The van der Waals surface area contributed by atoms with Gasteiger partial charge in [-0.3, -0.25) is 4.79 Å². The molecular weight excluding hydrogens is 270 g/mol. The minimum Gasteiger partial charge on any atom is -0.494 e. The molecule has 0 radical (unpaired) electrons. The Kier molecular flexibility index (Phi) is 4.45. The van der Waals surface area contributed by atoms with Gasteiger partial charge in [0.2, 0.25) is 5.91 Å². The quantitative estimate of drug-likeness (QED) is 0.843. The number of benzene rings is 1. The largest absolute Gasteiger partial charge is 0.494 e. The molecule has 0 aliphatic rings. The van der Waals surface area contributed by atoms with E-state index in [1.165, 1.54) is 6.92 Å². The van der Waals surface area contributed by atoms with Gasteiger partial charge in [0, 0.05) is 6.92 Å². The summed E-state index contributed by atoms with van der Waals surface area (Å²) in [6.07, 6.45) is 0. The van der Waals surface area contributed by atoms with Crippen molar-refractivity contribution in [3.63, 3.8) is 0 Å². The number of nitrogens with one attached hydrogen (secondary N) is 1. The molecule has 1 heterocycles. The molecule has 0 saturated heterocycles. The molecule has 1 aromatic heterocycles. The molecule has 1 amide bonds. The molecular formula is C14H15N5O2. The Labute approximate surface area is 121 Å². The van der Waals surface area contributed by atoms with Gasteiger partial charge in [0.15, 0.2) is 5.82 Å². The second-order valence-electron chi connectivity index (χ2n) is 4.16. The predicted molar refractivity (Wildman–Crippen MR) is 80.1 cm³/mol. The van der Waals surface area contributed by atoms with Crippen LogP contribution in [0.4, 0.5) is 23.0 Å². The molecule has 7 heteroatoms. The highest BCUT2D eigenvalue weighted by Crippen LogP contribution is 2.30. The average Bonchev–Trinajstić information content (AvgIpc) is 2.46. The van der Waals surface area contributed by atoms with Gasteiger partial charge in [-0.2, -0.15) is 0 Å². The lowest BCUT2D eigenvalue weighted by Crippen LogP contribution is -2.08. The van der Waals surface area contributed by atoms with Crippen molar-refractivity contribution in [1.29, 1.82) is 0 Å². The first kappa shape index (κ1) is 14.4. The maximum absolute atomic E-state index is 11.2. The summed E-state index contributed by atoms with van der Waals surface area (Å²) in [4.78, 5) is 15.2. The van der Waals surface area contributed by atoms with Crippen molar-refractivity contribution in [3.05, 3.63) is 36.4 Å². The number of methoxy groups -OCH3 is 1. The smallest absolute Gasteiger partial charge is 0.222 e. The number of nitrogens with zero attached hydrogens (tertiary/aromatic N) is 3. The minimum atomic E-state index is -0.262. The van der Waals surface area contributed by atoms with Gasteiger partial charge in [-0.1, -0.05) is 12.1 Å². The van der Waals surface area contributed by atoms with E-state index in [4.69, 9.17) is 10.5 Å². The van der Waals surface area contributed by atoms with Gasteiger partial charge in [0.25, 0.3) is 0 Å². The summed E-state index contributed by atoms with van der Waals surface area (Å²) in [6.45, 7) is 1.38. The van der Waals surface area contributed by atoms with Gasteiger partial charge < -0.3 is 15.8 Å². The fraction of sp³-hybridized carbons (Fsp3) is 0.143. The van der Waals surface area contributed by atoms with Crippen molar-refractivity contribution in [1.82, 2.24) is 4.98 Å². The number of para-hydroxylation sites is 1. The lowest BCUT2D eigenvalue weighted by molar-refractivity contribution is -0.114. The van der Waals surface area contributed by atoms with Gasteiger partial charge in [0.05, 0.1) is 7.11 Å². The molecule has 2 aromatic rings. The van der Waals surface area contributed by atoms with E-state index in [0.717, 1.165) is 0 Å². The zero-order valence-electron chi connectivity index (χ0n) is 11.7. The Hall–Kier alpha value is -2.96. The number of hydrogen-bond donors (Lipinski definition) is 2. The van der Waals surface area contributed by atoms with Crippen LogP contribution in [0, 0.1) is 0 Å². The summed E-state index contributed by atoms with van der Waals surface area (Å²) >= 11 is 0. The van der Waals surface area contributed by atoms with Crippen molar-refractivity contribution in [2.24, 2.45) is 10.2 Å². The monoisotopic (exact) mass is 285 g/mol. The highest BCUT2D eigenvalue weighted by molar-refractivity contribution is 5.90. The molecule has 0 bridgehead atoms. The highest BCUT2D eigenvalue weighted by atomic mass is 16.5. The molecule has 2 rings (SSSR count). The van der Waals surface area contributed by atoms with Crippen LogP contribution in [0.3, 0.4) is 0 Å². The molecule has 1 aromatic carbocycles. The predicted octanol–water partition coefficient (Wildman–Crippen LogP) is 3.05. The topological polar surface area (TPSA) is 102 Å². The maximum atomic E-state index is 11.2. The summed E-state index contributed by atoms with van der Waals surface area (Å²) in [6, 6.07) is 10.4. The number of azo groups is 1. The van der Waals surface area contributed by atoms with Crippen LogP contribution in [0.2, 0.25) is 0 Å². The second kappa shape index (κ2) is 6.47. The second-order valence-corrected chi connectivity index (χ2v) is 4.16. The standard InChI is InChI=1S/C14H15N5O2/c1-9(20)16-14-11(7-8-13(15)17-14)19-18-10-5-3-4-6-12(10)21-2/h3-8H,1-2H3,(H3,15,16,17,20)/b19-18+. The third-order valence-electron chi connectivity index (χ3n) is 2.54. The summed E-state index contributed by atoms with van der Waals surface area (Å²) in [5.41, 5.74) is 6.58. The zero-order chi connectivity index (χ0) is 15.2. The Morgan fingerprint density at radius 2 is 1.90 bits per heavy atom. The van der Waals surface area contributed by atoms with Crippen LogP contribution < -0.4 is 15.8 Å². The van der Waals surface area contributed by atoms with E-state index >= 15 is 0 Å². The fourth-order valence-electron chi connectivity index (χ4n) is 1.63. The molecule has 7 nitrogen and oxygen atoms in total. The summed E-state index contributed by atoms with van der Waals surface area (Å²) in [5, 5.41) is 10.8. The highest BCUT2D eigenvalue weighted by Gasteiger charge is 2.07. The number of carbonyl (C=O) groups is 1. The van der Waals surface area contributed by atoms with Gasteiger partial charge in [-0.15, -0.1) is 10.2 Å². The van der Waals surface area contributed by atoms with Gasteiger partial charge in [0.1, 0.15) is 22.9 Å². The van der Waals surface area contributed by atoms with Gasteiger partial charge in [-0.05, 0) is 24.3 Å². The molecule has 21 heavy (non-hydrogen) atoms. The zero-order valence-corrected chi connectivity index (χ0v) is 11.7. The number of nitrogens with two attached hydrogens (primary N) is 1. The Balaban J connectivity index is 2.34. The number of pyridine rings is 1. The van der Waals surface area contributed by atoms with Crippen molar-refractivity contribution in [3.8, 4) is 5.75 Å². The fourth-order valence-corrected chi connectivity index (χ4v) is 1.63. The number of rotatable bonds is 4. The number of carbonyl (C=O) groups excluding carboxylic acids is 1. The van der Waals surface area contributed by atoms with Crippen LogP contribution in [0.1, 0.15) is 6.92 Å². The first-order chi connectivity index (χ1) is 10.1. The maximum Gasteiger partial charge on any atom is 0.222 e. The van der Waals surface area contributed by atoms with E-state index < -0.39 is 0 Å². The molecule has 3 N–H and O–H groups in total. The number of aromatic nitrogens is 1. The van der Waals surface area contributed by atoms with Crippen molar-refractivity contribution in [2.75, 3.05) is 18.2 Å². The SMILES string of the molecule is COc1ccccc1/N=N/c1ccc(N)nc1NC(C)=O. The molecule has 0 unspecified atom stereocenters. The Morgan fingerprint density at radius 1 is 1.19 bits per heavy atom. The lowest BCUT2D eigenvalue weighted by Gasteiger charge is -2.06.